The van der Waals surface area contributed by atoms with Crippen molar-refractivity contribution in [3.05, 3.63) is 29.8 Å². The van der Waals surface area contributed by atoms with Crippen LogP contribution < -0.4 is 15.4 Å². The molecule has 1 unspecified atom stereocenters. The third-order valence-electron chi connectivity index (χ3n) is 2.72. The fourth-order valence-electron chi connectivity index (χ4n) is 1.87. The maximum Gasteiger partial charge on any atom is 0.221 e. The van der Waals surface area contributed by atoms with E-state index in [1.165, 1.54) is 0 Å². The molecular formula is C12H16N2O2. The van der Waals surface area contributed by atoms with Gasteiger partial charge in [0.05, 0.1) is 7.11 Å². The van der Waals surface area contributed by atoms with Crippen LogP contribution in [-0.2, 0) is 4.79 Å². The maximum atomic E-state index is 11.4. The standard InChI is InChI=1S/C12H16N2O2/c1-16-10-4-2-3-9(7-10)11-8-12(15)14-6-5-13-11/h2-4,7,11,13H,5-6,8H2,1H3,(H,14,15). The second kappa shape index (κ2) is 4.99. The van der Waals surface area contributed by atoms with Gasteiger partial charge in [-0.1, -0.05) is 12.1 Å². The summed E-state index contributed by atoms with van der Waals surface area (Å²) in [6.07, 6.45) is 0.479. The van der Waals surface area contributed by atoms with Gasteiger partial charge in [0.1, 0.15) is 5.75 Å². The van der Waals surface area contributed by atoms with Crippen LogP contribution in [0.15, 0.2) is 24.3 Å². The number of methoxy groups -OCH3 is 1. The summed E-state index contributed by atoms with van der Waals surface area (Å²) in [6, 6.07) is 7.91. The molecule has 4 heteroatoms. The van der Waals surface area contributed by atoms with Crippen LogP contribution in [0.25, 0.3) is 0 Å². The molecule has 0 saturated carbocycles. The third-order valence-corrected chi connectivity index (χ3v) is 2.72. The van der Waals surface area contributed by atoms with E-state index in [1.807, 2.05) is 24.3 Å². The highest BCUT2D eigenvalue weighted by atomic mass is 16.5. The molecule has 1 saturated heterocycles. The van der Waals surface area contributed by atoms with Gasteiger partial charge in [0.15, 0.2) is 0 Å². The van der Waals surface area contributed by atoms with Gasteiger partial charge in [0.2, 0.25) is 5.91 Å². The molecule has 2 N–H and O–H groups in total. The van der Waals surface area contributed by atoms with Gasteiger partial charge in [0, 0.05) is 25.6 Å². The number of carbonyl (C=O) groups is 1. The van der Waals surface area contributed by atoms with Crippen LogP contribution in [0.4, 0.5) is 0 Å². The minimum atomic E-state index is 0.0811. The van der Waals surface area contributed by atoms with Crippen molar-refractivity contribution < 1.29 is 9.53 Å². The van der Waals surface area contributed by atoms with E-state index in [0.29, 0.717) is 13.0 Å². The Kier molecular flexibility index (Phi) is 3.41. The van der Waals surface area contributed by atoms with Crippen molar-refractivity contribution in [1.29, 1.82) is 0 Å². The lowest BCUT2D eigenvalue weighted by Gasteiger charge is -2.15. The monoisotopic (exact) mass is 220 g/mol. The summed E-state index contributed by atoms with van der Waals surface area (Å²) in [4.78, 5) is 11.4. The first kappa shape index (κ1) is 11.0. The zero-order chi connectivity index (χ0) is 11.4. The van der Waals surface area contributed by atoms with Gasteiger partial charge in [-0.3, -0.25) is 4.79 Å². The summed E-state index contributed by atoms with van der Waals surface area (Å²) in [6.45, 7) is 1.49. The number of hydrogen-bond acceptors (Lipinski definition) is 3. The summed E-state index contributed by atoms with van der Waals surface area (Å²) in [5.41, 5.74) is 1.09. The maximum absolute atomic E-state index is 11.4. The highest BCUT2D eigenvalue weighted by Gasteiger charge is 2.18. The van der Waals surface area contributed by atoms with E-state index in [0.717, 1.165) is 17.9 Å². The number of carbonyl (C=O) groups excluding carboxylic acids is 1. The lowest BCUT2D eigenvalue weighted by Crippen LogP contribution is -2.24. The van der Waals surface area contributed by atoms with Crippen molar-refractivity contribution in [2.24, 2.45) is 0 Å². The molecule has 0 aromatic heterocycles. The van der Waals surface area contributed by atoms with Crippen molar-refractivity contribution >= 4 is 5.91 Å². The Labute approximate surface area is 95.0 Å². The van der Waals surface area contributed by atoms with Gasteiger partial charge in [-0.25, -0.2) is 0 Å². The molecular weight excluding hydrogens is 204 g/mol. The molecule has 1 atom stereocenters. The first-order valence-corrected chi connectivity index (χ1v) is 5.43. The van der Waals surface area contributed by atoms with Crippen molar-refractivity contribution in [3.63, 3.8) is 0 Å². The Bertz CT molecular complexity index is 379. The van der Waals surface area contributed by atoms with Crippen molar-refractivity contribution in [2.75, 3.05) is 20.2 Å². The van der Waals surface area contributed by atoms with Crippen LogP contribution in [0.3, 0.4) is 0 Å². The average Bonchev–Trinajstić information content (AvgIpc) is 2.54. The van der Waals surface area contributed by atoms with Crippen LogP contribution in [0, 0.1) is 0 Å². The minimum absolute atomic E-state index is 0.0811. The molecule has 1 aromatic carbocycles. The Morgan fingerprint density at radius 3 is 3.06 bits per heavy atom. The first-order valence-electron chi connectivity index (χ1n) is 5.43. The van der Waals surface area contributed by atoms with Crippen molar-refractivity contribution in [3.8, 4) is 5.75 Å². The predicted molar refractivity (Wildman–Crippen MR) is 61.4 cm³/mol. The van der Waals surface area contributed by atoms with E-state index in [9.17, 15) is 4.79 Å². The van der Waals surface area contributed by atoms with Crippen LogP contribution in [0.5, 0.6) is 5.75 Å². The number of benzene rings is 1. The normalized spacial score (nSPS) is 21.1. The Balaban J connectivity index is 2.17. The average molecular weight is 220 g/mol. The largest absolute Gasteiger partial charge is 0.497 e. The van der Waals surface area contributed by atoms with Crippen LogP contribution in [-0.4, -0.2) is 26.1 Å². The molecule has 4 nitrogen and oxygen atoms in total. The van der Waals surface area contributed by atoms with Crippen LogP contribution in [0.2, 0.25) is 0 Å². The molecule has 1 aliphatic heterocycles. The molecule has 0 radical (unpaired) electrons. The minimum Gasteiger partial charge on any atom is -0.497 e. The summed E-state index contributed by atoms with van der Waals surface area (Å²) in [5, 5.41) is 6.18. The van der Waals surface area contributed by atoms with E-state index < -0.39 is 0 Å². The lowest BCUT2D eigenvalue weighted by molar-refractivity contribution is -0.121. The quantitative estimate of drug-likeness (QED) is 0.776. The second-order valence-electron chi connectivity index (χ2n) is 3.84. The predicted octanol–water partition coefficient (Wildman–Crippen LogP) is 0.846. The van der Waals surface area contributed by atoms with E-state index >= 15 is 0 Å². The van der Waals surface area contributed by atoms with E-state index in [2.05, 4.69) is 10.6 Å². The summed E-state index contributed by atoms with van der Waals surface area (Å²) >= 11 is 0. The SMILES string of the molecule is COc1cccc(C2CC(=O)NCCN2)c1. The van der Waals surface area contributed by atoms with Gasteiger partial charge >= 0.3 is 0 Å². The summed E-state index contributed by atoms with van der Waals surface area (Å²) in [7, 11) is 1.65. The highest BCUT2D eigenvalue weighted by molar-refractivity contribution is 5.77. The van der Waals surface area contributed by atoms with Gasteiger partial charge in [-0.15, -0.1) is 0 Å². The van der Waals surface area contributed by atoms with E-state index in [-0.39, 0.29) is 11.9 Å². The van der Waals surface area contributed by atoms with Gasteiger partial charge in [-0.2, -0.15) is 0 Å². The Morgan fingerprint density at radius 2 is 2.25 bits per heavy atom. The van der Waals surface area contributed by atoms with E-state index in [1.54, 1.807) is 7.11 Å². The molecule has 1 fully saturated rings. The molecule has 1 heterocycles. The highest BCUT2D eigenvalue weighted by Crippen LogP contribution is 2.22. The fourth-order valence-corrected chi connectivity index (χ4v) is 1.87. The smallest absolute Gasteiger partial charge is 0.221 e. The molecule has 1 aliphatic rings. The van der Waals surface area contributed by atoms with Gasteiger partial charge < -0.3 is 15.4 Å². The number of nitrogens with one attached hydrogen (secondary N) is 2. The molecule has 1 aromatic rings. The number of rotatable bonds is 2. The molecule has 0 spiro atoms. The molecule has 86 valence electrons. The zero-order valence-corrected chi connectivity index (χ0v) is 9.32. The van der Waals surface area contributed by atoms with Crippen LogP contribution in [0.1, 0.15) is 18.0 Å². The lowest BCUT2D eigenvalue weighted by atomic mass is 10.0. The molecule has 16 heavy (non-hydrogen) atoms. The molecule has 0 aliphatic carbocycles. The first-order chi connectivity index (χ1) is 7.79. The van der Waals surface area contributed by atoms with Crippen molar-refractivity contribution in [2.45, 2.75) is 12.5 Å². The van der Waals surface area contributed by atoms with Gasteiger partial charge in [-0.05, 0) is 17.7 Å². The Hall–Kier alpha value is -1.55. The molecule has 2 rings (SSSR count). The van der Waals surface area contributed by atoms with E-state index in [4.69, 9.17) is 4.74 Å². The summed E-state index contributed by atoms with van der Waals surface area (Å²) in [5.74, 6) is 0.918. The second-order valence-corrected chi connectivity index (χ2v) is 3.84. The van der Waals surface area contributed by atoms with Gasteiger partial charge in [0.25, 0.3) is 0 Å². The van der Waals surface area contributed by atoms with Crippen LogP contribution >= 0.6 is 0 Å². The Morgan fingerprint density at radius 1 is 1.38 bits per heavy atom. The molecule has 0 bridgehead atoms. The summed E-state index contributed by atoms with van der Waals surface area (Å²) < 4.78 is 5.18. The number of amides is 1. The molecule has 1 amide bonds. The topological polar surface area (TPSA) is 50.4 Å². The fraction of sp³-hybridized carbons (Fsp3) is 0.417. The van der Waals surface area contributed by atoms with Crippen molar-refractivity contribution in [1.82, 2.24) is 10.6 Å². The third kappa shape index (κ3) is 2.52. The number of ether oxygens (including phenoxy) is 1. The zero-order valence-electron chi connectivity index (χ0n) is 9.32. The number of hydrogen-bond donors (Lipinski definition) is 2.